The monoisotopic (exact) mass is 1390 g/mol. The van der Waals surface area contributed by atoms with Gasteiger partial charge in [-0.2, -0.15) is 0 Å². The summed E-state index contributed by atoms with van der Waals surface area (Å²) in [6.45, 7) is 17.9. The topological polar surface area (TPSA) is 116 Å². The van der Waals surface area contributed by atoms with E-state index in [1.54, 1.807) is 0 Å². The van der Waals surface area contributed by atoms with Crippen molar-refractivity contribution in [2.24, 2.45) is 0 Å². The third-order valence-electron chi connectivity index (χ3n) is 22.8. The third kappa shape index (κ3) is 9.76. The molecule has 12 nitrogen and oxygen atoms in total. The summed E-state index contributed by atoms with van der Waals surface area (Å²) >= 11 is 0. The fourth-order valence-electron chi connectivity index (χ4n) is 17.2. The predicted octanol–water partition coefficient (Wildman–Crippen LogP) is 25.3. The minimum absolute atomic E-state index is 0.907. The van der Waals surface area contributed by atoms with E-state index in [-0.39, 0.29) is 0 Å². The Bertz CT molecular complexity index is 5990. The molecule has 0 saturated carbocycles. The normalized spacial score (nSPS) is 11.9. The highest BCUT2D eigenvalue weighted by molar-refractivity contribution is 6.33. The molecule has 0 spiro atoms. The highest BCUT2D eigenvalue weighted by atomic mass is 15.2. The van der Waals surface area contributed by atoms with Crippen molar-refractivity contribution < 1.29 is 0 Å². The van der Waals surface area contributed by atoms with Gasteiger partial charge in [0.25, 0.3) is 0 Å². The van der Waals surface area contributed by atoms with Gasteiger partial charge in [-0.25, -0.2) is 0 Å². The zero-order valence-electron chi connectivity index (χ0n) is 60.9. The van der Waals surface area contributed by atoms with Gasteiger partial charge >= 0.3 is 0 Å². The van der Waals surface area contributed by atoms with Crippen molar-refractivity contribution in [1.29, 1.82) is 0 Å². The zero-order chi connectivity index (χ0) is 72.7. The number of nitrogens with zero attached hydrogens (tertiary/aromatic N) is 12. The Balaban J connectivity index is 1.02. The van der Waals surface area contributed by atoms with E-state index in [2.05, 4.69) is 355 Å². The van der Waals surface area contributed by atoms with Crippen LogP contribution in [0.3, 0.4) is 0 Å². The predicted molar refractivity (Wildman–Crippen MR) is 449 cm³/mol. The summed E-state index contributed by atoms with van der Waals surface area (Å²) in [7, 11) is 0. The summed E-state index contributed by atoms with van der Waals surface area (Å²) in [4.78, 5) is 52.7. The SMILES string of the molecule is Cc1c(N(c2cnc3ccccc3c2C)c2cc(N(c3cnc4ccccc4c3C)c3cnc4ccccc4c3C)c3ccc4c(N(c5cnc6ccccc6c5C)c5cnc6ccccc6c5C)cc(N(c5cnc6ccccc6c5C)c5cnc6ccccc6c5C)c5ccc2c3c54)cnc2ccccc12. The maximum atomic E-state index is 5.36. The molecule has 0 atom stereocenters. The van der Waals surface area contributed by atoms with E-state index >= 15 is 0 Å². The number of aromatic nitrogens is 8. The summed E-state index contributed by atoms with van der Waals surface area (Å²) in [6.07, 6.45) is 16.5. The van der Waals surface area contributed by atoms with Crippen molar-refractivity contribution in [1.82, 2.24) is 39.9 Å². The van der Waals surface area contributed by atoms with Gasteiger partial charge in [0, 0.05) is 75.4 Å². The molecule has 0 radical (unpaired) electrons. The molecule has 0 unspecified atom stereocenters. The van der Waals surface area contributed by atoms with Crippen LogP contribution in [0, 0.1) is 55.4 Å². The molecular weight excluding hydrogens is 1320 g/mol. The van der Waals surface area contributed by atoms with Crippen LogP contribution in [-0.4, -0.2) is 39.9 Å². The molecule has 0 amide bonds. The number of hydrogen-bond acceptors (Lipinski definition) is 12. The number of aryl methyl sites for hydroxylation is 8. The van der Waals surface area contributed by atoms with Crippen LogP contribution in [0.2, 0.25) is 0 Å². The standard InChI is InChI=1S/C96H70N12/c1-55-63-25-9-17-33-75(63)97-47-87(55)105(88-48-98-76-34-18-10-26-64(76)56(88)2)83-45-84(106(89-49-99-77-35-19-11-27-65(77)57(89)3)90-50-100-78-36-20-12-28-66(78)58(90)4)72-43-44-74-86(108(93-53-103-81-39-23-15-31-69(81)61(93)7)94-54-104-82-40-24-16-32-70(82)62(94)8)46-85(73-42-41-71(83)95(72)96(73)74)107(91-51-101-79-37-21-13-29-67(79)59(91)5)92-52-102-80-38-22-14-30-68(80)60(92)6/h9-54H,1-8H3. The van der Waals surface area contributed by atoms with Gasteiger partial charge in [-0.3, -0.25) is 39.9 Å². The van der Waals surface area contributed by atoms with Crippen LogP contribution in [0.25, 0.3) is 120 Å². The number of pyridine rings is 8. The summed E-state index contributed by atoms with van der Waals surface area (Å²) in [5.74, 6) is 0. The van der Waals surface area contributed by atoms with E-state index in [0.717, 1.165) is 232 Å². The molecule has 20 aromatic rings. The molecule has 0 aliphatic heterocycles. The van der Waals surface area contributed by atoms with Crippen LogP contribution in [0.5, 0.6) is 0 Å². The molecule has 20 rings (SSSR count). The Labute approximate surface area is 623 Å². The van der Waals surface area contributed by atoms with Crippen LogP contribution in [0.15, 0.2) is 280 Å². The molecule has 0 bridgehead atoms. The van der Waals surface area contributed by atoms with Crippen molar-refractivity contribution in [3.05, 3.63) is 325 Å². The second kappa shape index (κ2) is 24.9. The fourth-order valence-corrected chi connectivity index (χ4v) is 17.2. The minimum Gasteiger partial charge on any atom is -0.306 e. The van der Waals surface area contributed by atoms with Crippen molar-refractivity contribution in [3.63, 3.8) is 0 Å². The smallest absolute Gasteiger partial charge is 0.0706 e. The van der Waals surface area contributed by atoms with Crippen molar-refractivity contribution in [2.75, 3.05) is 19.6 Å². The lowest BCUT2D eigenvalue weighted by atomic mass is 9.88. The number of fused-ring (bicyclic) bond motifs is 8. The van der Waals surface area contributed by atoms with E-state index in [4.69, 9.17) is 39.9 Å². The van der Waals surface area contributed by atoms with E-state index in [0.29, 0.717) is 0 Å². The van der Waals surface area contributed by atoms with Gasteiger partial charge in [0.15, 0.2) is 0 Å². The van der Waals surface area contributed by atoms with E-state index in [1.807, 2.05) is 0 Å². The first kappa shape index (κ1) is 63.8. The van der Waals surface area contributed by atoms with Gasteiger partial charge in [-0.1, -0.05) is 170 Å². The van der Waals surface area contributed by atoms with Gasteiger partial charge in [0.1, 0.15) is 0 Å². The Morgan fingerprint density at radius 1 is 0.157 bits per heavy atom. The second-order valence-corrected chi connectivity index (χ2v) is 28.5. The summed E-state index contributed by atoms with van der Waals surface area (Å²) in [5, 5.41) is 14.4. The maximum Gasteiger partial charge on any atom is 0.0706 e. The highest BCUT2D eigenvalue weighted by Crippen LogP contribution is 2.58. The van der Waals surface area contributed by atoms with E-state index < -0.39 is 0 Å². The second-order valence-electron chi connectivity index (χ2n) is 28.5. The van der Waals surface area contributed by atoms with Crippen molar-refractivity contribution in [3.8, 4) is 0 Å². The molecule has 0 saturated heterocycles. The number of para-hydroxylation sites is 8. The molecule has 514 valence electrons. The number of hydrogen-bond donors (Lipinski definition) is 0. The maximum absolute atomic E-state index is 5.36. The highest BCUT2D eigenvalue weighted by Gasteiger charge is 2.34. The van der Waals surface area contributed by atoms with Gasteiger partial charge in [0.05, 0.1) is 162 Å². The van der Waals surface area contributed by atoms with Crippen LogP contribution >= 0.6 is 0 Å². The molecule has 8 heterocycles. The molecule has 0 N–H and O–H groups in total. The largest absolute Gasteiger partial charge is 0.306 e. The lowest BCUT2D eigenvalue weighted by Gasteiger charge is -2.36. The Morgan fingerprint density at radius 3 is 0.444 bits per heavy atom. The first-order valence-corrected chi connectivity index (χ1v) is 36.7. The molecule has 0 aliphatic carbocycles. The molecular formula is C96H70N12. The molecule has 0 aliphatic rings. The Morgan fingerprint density at radius 2 is 0.296 bits per heavy atom. The quantitative estimate of drug-likeness (QED) is 0.108. The third-order valence-corrected chi connectivity index (χ3v) is 22.8. The lowest BCUT2D eigenvalue weighted by molar-refractivity contribution is 1.18. The van der Waals surface area contributed by atoms with Gasteiger partial charge < -0.3 is 19.6 Å². The first-order chi connectivity index (χ1) is 52.9. The van der Waals surface area contributed by atoms with Crippen LogP contribution in [0.1, 0.15) is 44.5 Å². The minimum atomic E-state index is 0.907. The molecule has 108 heavy (non-hydrogen) atoms. The average molecular weight is 1390 g/mol. The van der Waals surface area contributed by atoms with Gasteiger partial charge in [-0.05, 0) is 161 Å². The number of benzene rings is 12. The zero-order valence-corrected chi connectivity index (χ0v) is 60.9. The van der Waals surface area contributed by atoms with E-state index in [9.17, 15) is 0 Å². The Kier molecular flexibility index (Phi) is 14.7. The molecule has 0 fully saturated rings. The van der Waals surface area contributed by atoms with Crippen LogP contribution in [0.4, 0.5) is 68.2 Å². The fraction of sp³-hybridized carbons (Fsp3) is 0.0833. The van der Waals surface area contributed by atoms with E-state index in [1.165, 1.54) is 0 Å². The Hall–Kier alpha value is -13.8. The van der Waals surface area contributed by atoms with Crippen LogP contribution in [-0.2, 0) is 0 Å². The van der Waals surface area contributed by atoms with Gasteiger partial charge in [-0.15, -0.1) is 0 Å². The first-order valence-electron chi connectivity index (χ1n) is 36.7. The lowest BCUT2D eigenvalue weighted by Crippen LogP contribution is -2.19. The summed E-state index contributed by atoms with van der Waals surface area (Å²) in [6, 6.07) is 82.0. The number of anilines is 12. The molecule has 12 heteroatoms. The van der Waals surface area contributed by atoms with Crippen molar-refractivity contribution in [2.45, 2.75) is 55.4 Å². The summed E-state index contributed by atoms with van der Waals surface area (Å²) < 4.78 is 0. The molecule has 12 aromatic carbocycles. The summed E-state index contributed by atoms with van der Waals surface area (Å²) in [5.41, 5.74) is 26.7. The average Bonchev–Trinajstić information content (AvgIpc) is 0.694. The number of rotatable bonds is 12. The van der Waals surface area contributed by atoms with Crippen LogP contribution < -0.4 is 19.6 Å². The van der Waals surface area contributed by atoms with Crippen molar-refractivity contribution >= 4 is 188 Å². The molecule has 8 aromatic heterocycles. The van der Waals surface area contributed by atoms with Gasteiger partial charge in [0.2, 0.25) is 0 Å².